The first-order valence-electron chi connectivity index (χ1n) is 21.7. The summed E-state index contributed by atoms with van der Waals surface area (Å²) >= 11 is 1.30. The van der Waals surface area contributed by atoms with Crippen molar-refractivity contribution in [1.29, 1.82) is 0 Å². The van der Waals surface area contributed by atoms with Gasteiger partial charge in [0.2, 0.25) is 5.91 Å². The molecule has 2 aromatic rings. The number of likely N-dealkylation sites (tertiary alicyclic amines) is 1. The van der Waals surface area contributed by atoms with Crippen LogP contribution < -0.4 is 5.32 Å². The van der Waals surface area contributed by atoms with E-state index in [-0.39, 0.29) is 85.3 Å². The molecule has 3 rings (SSSR count). The number of Topliss-reactive ketones (excluding diaryl/α,β-unsaturated/α-hetero) is 1. The Bertz CT molecular complexity index is 1650. The summed E-state index contributed by atoms with van der Waals surface area (Å²) in [5.41, 5.74) is 2.39. The second-order valence-corrected chi connectivity index (χ2v) is 18.2. The highest BCUT2D eigenvalue weighted by Crippen LogP contribution is 2.33. The highest BCUT2D eigenvalue weighted by atomic mass is 32.1. The molecule has 59 heavy (non-hydrogen) atoms. The minimum atomic E-state index is -0.595. The van der Waals surface area contributed by atoms with Crippen LogP contribution in [0.25, 0.3) is 0 Å². The van der Waals surface area contributed by atoms with E-state index in [0.717, 1.165) is 36.9 Å². The fourth-order valence-electron chi connectivity index (χ4n) is 7.81. The van der Waals surface area contributed by atoms with E-state index in [2.05, 4.69) is 10.2 Å². The minimum Gasteiger partial charge on any atom is -0.466 e. The van der Waals surface area contributed by atoms with Gasteiger partial charge < -0.3 is 24.4 Å². The summed E-state index contributed by atoms with van der Waals surface area (Å²) in [6, 6.07) is 7.07. The standard InChI is InChI=1S/C46H72N4O8S/c1-12-32(8)36(25-40(51)38-16-14-15-21-49(38)10)45(54)50(28-58-42(52)22-29(3)4)39(30(5)6)26-41(56-11)44-48-37(27-59-44)43(53)47-35(23-33(9)46(55)57-13-2)24-34-19-17-31(7)18-20-34/h17-20,27,29-30,32-33,35-36,38-39,41H,12-16,21-26,28H2,1-11H3,(H,47,53)/t32-,33?,35+,36-,38+,39+,41+/m0/s1. The van der Waals surface area contributed by atoms with Crippen LogP contribution in [-0.4, -0.2) is 96.5 Å². The van der Waals surface area contributed by atoms with E-state index in [4.69, 9.17) is 19.2 Å². The number of thiazole rings is 1. The number of amides is 2. The molecule has 330 valence electrons. The molecule has 0 spiro atoms. The number of piperidine rings is 1. The molecule has 1 aliphatic heterocycles. The summed E-state index contributed by atoms with van der Waals surface area (Å²) in [5, 5.41) is 5.39. The van der Waals surface area contributed by atoms with Crippen LogP contribution in [0.1, 0.15) is 139 Å². The molecular weight excluding hydrogens is 769 g/mol. The molecule has 1 fully saturated rings. The Hall–Kier alpha value is -3.68. The maximum atomic E-state index is 14.9. The Kier molecular flexibility index (Phi) is 20.7. The van der Waals surface area contributed by atoms with Gasteiger partial charge in [-0.2, -0.15) is 0 Å². The summed E-state index contributed by atoms with van der Waals surface area (Å²) in [7, 11) is 3.56. The average Bonchev–Trinajstić information content (AvgIpc) is 3.69. The topological polar surface area (TPSA) is 144 Å². The number of hydrogen-bond donors (Lipinski definition) is 1. The van der Waals surface area contributed by atoms with Gasteiger partial charge in [-0.15, -0.1) is 11.3 Å². The number of aromatic nitrogens is 1. The third kappa shape index (κ3) is 15.4. The lowest BCUT2D eigenvalue weighted by Crippen LogP contribution is -2.50. The Morgan fingerprint density at radius 3 is 2.25 bits per heavy atom. The lowest BCUT2D eigenvalue weighted by molar-refractivity contribution is -0.161. The molecule has 0 aliphatic carbocycles. The predicted molar refractivity (Wildman–Crippen MR) is 232 cm³/mol. The number of nitrogens with zero attached hydrogens (tertiary/aromatic N) is 3. The number of hydrogen-bond acceptors (Lipinski definition) is 11. The van der Waals surface area contributed by atoms with Crippen LogP contribution in [0.15, 0.2) is 29.6 Å². The molecule has 1 saturated heterocycles. The molecular formula is C46H72N4O8S. The van der Waals surface area contributed by atoms with Crippen LogP contribution in [0.3, 0.4) is 0 Å². The van der Waals surface area contributed by atoms with Crippen LogP contribution in [0.2, 0.25) is 0 Å². The van der Waals surface area contributed by atoms with Gasteiger partial charge >= 0.3 is 11.9 Å². The van der Waals surface area contributed by atoms with Crippen LogP contribution in [-0.2, 0) is 39.8 Å². The molecule has 0 bridgehead atoms. The monoisotopic (exact) mass is 841 g/mol. The number of ketones is 1. The molecule has 1 aromatic heterocycles. The van der Waals surface area contributed by atoms with Crippen LogP contribution in [0, 0.1) is 36.5 Å². The van der Waals surface area contributed by atoms with Crippen molar-refractivity contribution < 1.29 is 38.2 Å². The van der Waals surface area contributed by atoms with E-state index in [9.17, 15) is 24.0 Å². The fourth-order valence-corrected chi connectivity index (χ4v) is 8.69. The molecule has 0 radical (unpaired) electrons. The number of likely N-dealkylation sites (N-methyl/N-ethyl adjacent to an activating group) is 1. The van der Waals surface area contributed by atoms with Gasteiger partial charge in [-0.25, -0.2) is 4.98 Å². The first kappa shape index (κ1) is 49.7. The van der Waals surface area contributed by atoms with Crippen molar-refractivity contribution in [2.45, 2.75) is 144 Å². The molecule has 1 unspecified atom stereocenters. The Balaban J connectivity index is 1.90. The molecule has 2 heterocycles. The lowest BCUT2D eigenvalue weighted by Gasteiger charge is -2.39. The first-order valence-corrected chi connectivity index (χ1v) is 22.6. The molecule has 12 nitrogen and oxygen atoms in total. The van der Waals surface area contributed by atoms with Crippen molar-refractivity contribution in [2.75, 3.05) is 34.0 Å². The number of carbonyl (C=O) groups is 5. The first-order chi connectivity index (χ1) is 28.0. The van der Waals surface area contributed by atoms with Crippen LogP contribution in [0.4, 0.5) is 0 Å². The van der Waals surface area contributed by atoms with E-state index in [1.165, 1.54) is 11.3 Å². The smallest absolute Gasteiger partial charge is 0.308 e. The Morgan fingerprint density at radius 1 is 0.966 bits per heavy atom. The van der Waals surface area contributed by atoms with Gasteiger partial charge in [-0.1, -0.05) is 91.1 Å². The van der Waals surface area contributed by atoms with Gasteiger partial charge in [0.15, 0.2) is 12.5 Å². The molecule has 2 amide bonds. The van der Waals surface area contributed by atoms with Gasteiger partial charge in [0.25, 0.3) is 5.91 Å². The maximum Gasteiger partial charge on any atom is 0.308 e. The normalized spacial score (nSPS) is 17.7. The lowest BCUT2D eigenvalue weighted by atomic mass is 9.82. The summed E-state index contributed by atoms with van der Waals surface area (Å²) in [4.78, 5) is 76.5. The van der Waals surface area contributed by atoms with Gasteiger partial charge in [-0.05, 0) is 76.4 Å². The van der Waals surface area contributed by atoms with E-state index < -0.39 is 30.0 Å². The largest absolute Gasteiger partial charge is 0.466 e. The highest BCUT2D eigenvalue weighted by Gasteiger charge is 2.39. The van der Waals surface area contributed by atoms with Gasteiger partial charge in [0.1, 0.15) is 16.8 Å². The molecule has 1 N–H and O–H groups in total. The summed E-state index contributed by atoms with van der Waals surface area (Å²) in [6.45, 7) is 18.4. The molecule has 1 aromatic carbocycles. The quantitative estimate of drug-likeness (QED) is 0.0817. The minimum absolute atomic E-state index is 0.0727. The summed E-state index contributed by atoms with van der Waals surface area (Å²) < 4.78 is 17.1. The van der Waals surface area contributed by atoms with Gasteiger partial charge in [0, 0.05) is 49.8 Å². The van der Waals surface area contributed by atoms with Crippen molar-refractivity contribution in [2.24, 2.45) is 29.6 Å². The molecule has 1 aliphatic rings. The number of esters is 2. The zero-order chi connectivity index (χ0) is 43.8. The van der Waals surface area contributed by atoms with Crippen molar-refractivity contribution in [3.63, 3.8) is 0 Å². The Labute approximate surface area is 357 Å². The number of ether oxygens (including phenoxy) is 3. The second-order valence-electron chi connectivity index (χ2n) is 17.3. The van der Waals surface area contributed by atoms with Crippen LogP contribution in [0.5, 0.6) is 0 Å². The second kappa shape index (κ2) is 24.5. The third-order valence-corrected chi connectivity index (χ3v) is 12.6. The number of methoxy groups -OCH3 is 1. The maximum absolute atomic E-state index is 14.9. The predicted octanol–water partition coefficient (Wildman–Crippen LogP) is 7.97. The molecule has 7 atom stereocenters. The van der Waals surface area contributed by atoms with Crippen molar-refractivity contribution >= 4 is 40.9 Å². The zero-order valence-electron chi connectivity index (χ0n) is 37.6. The summed E-state index contributed by atoms with van der Waals surface area (Å²) in [5.74, 6) is -2.33. The fraction of sp³-hybridized carbons (Fsp3) is 0.696. The van der Waals surface area contributed by atoms with Gasteiger partial charge in [-0.3, -0.25) is 28.9 Å². The van der Waals surface area contributed by atoms with Crippen molar-refractivity contribution in [1.82, 2.24) is 20.1 Å². The number of carbonyl (C=O) groups excluding carboxylic acids is 5. The average molecular weight is 841 g/mol. The van der Waals surface area contributed by atoms with Crippen molar-refractivity contribution in [3.05, 3.63) is 51.5 Å². The third-order valence-electron chi connectivity index (χ3n) is 11.6. The number of benzene rings is 1. The molecule has 0 saturated carbocycles. The van der Waals surface area contributed by atoms with E-state index in [0.29, 0.717) is 30.7 Å². The van der Waals surface area contributed by atoms with E-state index in [1.54, 1.807) is 31.2 Å². The Morgan fingerprint density at radius 2 is 1.66 bits per heavy atom. The molecule has 13 heteroatoms. The van der Waals surface area contributed by atoms with Crippen molar-refractivity contribution in [3.8, 4) is 0 Å². The van der Waals surface area contributed by atoms with Gasteiger partial charge in [0.05, 0.1) is 18.6 Å². The van der Waals surface area contributed by atoms with E-state index in [1.807, 2.05) is 79.8 Å². The number of rotatable bonds is 24. The van der Waals surface area contributed by atoms with Crippen LogP contribution >= 0.6 is 11.3 Å². The summed E-state index contributed by atoms with van der Waals surface area (Å²) in [6.07, 6.45) is 4.49. The highest BCUT2D eigenvalue weighted by molar-refractivity contribution is 7.09. The SMILES string of the molecule is CCOC(=O)C(C)C[C@H](Cc1ccc(C)cc1)NC(=O)c1csc([C@@H](C[C@H](C(C)C)N(COC(=O)CC(C)C)C(=O)[C@@H](CC(=O)[C@H]2CCCCN2C)[C@@H](C)CC)OC)n1. The number of nitrogens with one attached hydrogen (secondary N) is 1. The zero-order valence-corrected chi connectivity index (χ0v) is 38.4. The number of aryl methyl sites for hydroxylation is 1. The van der Waals surface area contributed by atoms with E-state index >= 15 is 0 Å².